The fourth-order valence-electron chi connectivity index (χ4n) is 4.00. The molecule has 2 heterocycles. The number of para-hydroxylation sites is 2. The Morgan fingerprint density at radius 1 is 1.18 bits per heavy atom. The molecule has 34 heavy (non-hydrogen) atoms. The van der Waals surface area contributed by atoms with Crippen LogP contribution in [0.3, 0.4) is 0 Å². The maximum Gasteiger partial charge on any atom is 0.252 e. The van der Waals surface area contributed by atoms with Gasteiger partial charge in [-0.3, -0.25) is 4.79 Å². The highest BCUT2D eigenvalue weighted by molar-refractivity contribution is 7.91. The first-order valence-corrected chi connectivity index (χ1v) is 13.5. The van der Waals surface area contributed by atoms with Crippen LogP contribution in [0.1, 0.15) is 33.6 Å². The molecule has 1 fully saturated rings. The normalized spacial score (nSPS) is 15.2. The lowest BCUT2D eigenvalue weighted by atomic mass is 10.1. The second kappa shape index (κ2) is 10.4. The van der Waals surface area contributed by atoms with E-state index in [2.05, 4.69) is 5.32 Å². The number of anilines is 1. The summed E-state index contributed by atoms with van der Waals surface area (Å²) in [6.07, 6.45) is 1.79. The van der Waals surface area contributed by atoms with E-state index in [1.807, 2.05) is 30.3 Å². The molecule has 2 aromatic carbocycles. The molecule has 10 heteroatoms. The van der Waals surface area contributed by atoms with Crippen molar-refractivity contribution in [2.45, 2.75) is 29.5 Å². The van der Waals surface area contributed by atoms with Crippen molar-refractivity contribution in [3.05, 3.63) is 75.6 Å². The number of rotatable bonds is 8. The van der Waals surface area contributed by atoms with E-state index in [4.69, 9.17) is 22.1 Å². The molecule has 7 nitrogen and oxygen atoms in total. The van der Waals surface area contributed by atoms with Crippen molar-refractivity contribution in [2.75, 3.05) is 25.5 Å². The van der Waals surface area contributed by atoms with Crippen molar-refractivity contribution in [1.29, 1.82) is 0 Å². The lowest BCUT2D eigenvalue weighted by Gasteiger charge is -2.32. The van der Waals surface area contributed by atoms with Gasteiger partial charge in [0.15, 0.2) is 0 Å². The van der Waals surface area contributed by atoms with Crippen molar-refractivity contribution in [3.63, 3.8) is 0 Å². The lowest BCUT2D eigenvalue weighted by molar-refractivity contribution is 0.1000. The minimum Gasteiger partial charge on any atom is -0.495 e. The van der Waals surface area contributed by atoms with Crippen LogP contribution >= 0.6 is 22.9 Å². The van der Waals surface area contributed by atoms with Gasteiger partial charge in [0.2, 0.25) is 5.91 Å². The van der Waals surface area contributed by atoms with Gasteiger partial charge in [0.05, 0.1) is 17.8 Å². The summed E-state index contributed by atoms with van der Waals surface area (Å²) >= 11 is 7.57. The number of nitrogens with zero attached hydrogens (tertiary/aromatic N) is 1. The summed E-state index contributed by atoms with van der Waals surface area (Å²) in [6, 6.07) is 16.3. The summed E-state index contributed by atoms with van der Waals surface area (Å²) < 4.78 is 33.7. The molecule has 4 rings (SSSR count). The molecule has 0 bridgehead atoms. The van der Waals surface area contributed by atoms with Crippen molar-refractivity contribution >= 4 is 44.6 Å². The molecule has 3 N–H and O–H groups in total. The van der Waals surface area contributed by atoms with Crippen LogP contribution in [0.4, 0.5) is 5.69 Å². The number of hydrogen-bond donors (Lipinski definition) is 2. The SMILES string of the molecule is COc1ccccc1NC1CCN(S(=O)(=O)c2cc(Cl)c(Cc3cccc(C(N)=O)c3)s2)CC1. The van der Waals surface area contributed by atoms with Crippen molar-refractivity contribution < 1.29 is 17.9 Å². The third-order valence-electron chi connectivity index (χ3n) is 5.83. The van der Waals surface area contributed by atoms with Gasteiger partial charge in [0.1, 0.15) is 9.96 Å². The lowest BCUT2D eigenvalue weighted by Crippen LogP contribution is -2.42. The number of primary amides is 1. The molecular formula is C24H26ClN3O4S2. The average Bonchev–Trinajstić information content (AvgIpc) is 3.21. The van der Waals surface area contributed by atoms with E-state index in [0.717, 1.165) is 21.9 Å². The van der Waals surface area contributed by atoms with Gasteiger partial charge in [-0.2, -0.15) is 4.31 Å². The van der Waals surface area contributed by atoms with E-state index in [9.17, 15) is 13.2 Å². The Bertz CT molecular complexity index is 1280. The number of benzene rings is 2. The molecule has 180 valence electrons. The van der Waals surface area contributed by atoms with Crippen molar-refractivity contribution in [3.8, 4) is 5.75 Å². The Morgan fingerprint density at radius 2 is 1.91 bits per heavy atom. The number of nitrogens with two attached hydrogens (primary N) is 1. The first kappa shape index (κ1) is 24.5. The van der Waals surface area contributed by atoms with E-state index < -0.39 is 15.9 Å². The summed E-state index contributed by atoms with van der Waals surface area (Å²) in [6.45, 7) is 0.835. The van der Waals surface area contributed by atoms with Gasteiger partial charge in [-0.1, -0.05) is 35.9 Å². The molecule has 1 aliphatic heterocycles. The first-order chi connectivity index (χ1) is 16.3. The number of sulfonamides is 1. The molecule has 1 aliphatic rings. The standard InChI is InChI=1S/C24H26ClN3O4S2/c1-32-21-8-3-2-7-20(21)27-18-9-11-28(12-10-18)34(30,31)23-15-19(25)22(33-23)14-16-5-4-6-17(13-16)24(26)29/h2-8,13,15,18,27H,9-12,14H2,1H3,(H2,26,29). The van der Waals surface area contributed by atoms with Gasteiger partial charge >= 0.3 is 0 Å². The van der Waals surface area contributed by atoms with Crippen LogP contribution in [0.15, 0.2) is 58.8 Å². The van der Waals surface area contributed by atoms with Gasteiger partial charge < -0.3 is 15.8 Å². The summed E-state index contributed by atoms with van der Waals surface area (Å²) in [5.74, 6) is 0.255. The quantitative estimate of drug-likeness (QED) is 0.460. The first-order valence-electron chi connectivity index (χ1n) is 10.8. The van der Waals surface area contributed by atoms with E-state index in [0.29, 0.717) is 42.9 Å². The number of carbonyl (C=O) groups excluding carboxylic acids is 1. The van der Waals surface area contributed by atoms with Crippen LogP contribution in [0, 0.1) is 0 Å². The maximum absolute atomic E-state index is 13.3. The zero-order valence-corrected chi connectivity index (χ0v) is 21.0. The topological polar surface area (TPSA) is 102 Å². The zero-order valence-electron chi connectivity index (χ0n) is 18.7. The molecule has 1 saturated heterocycles. The number of piperidine rings is 1. The molecule has 0 radical (unpaired) electrons. The van der Waals surface area contributed by atoms with E-state index in [1.54, 1.807) is 25.3 Å². The summed E-state index contributed by atoms with van der Waals surface area (Å²) in [5, 5.41) is 3.87. The maximum atomic E-state index is 13.3. The Kier molecular flexibility index (Phi) is 7.47. The summed E-state index contributed by atoms with van der Waals surface area (Å²) in [7, 11) is -2.02. The number of carbonyl (C=O) groups is 1. The molecule has 0 aliphatic carbocycles. The average molecular weight is 520 g/mol. The van der Waals surface area contributed by atoms with E-state index >= 15 is 0 Å². The minimum absolute atomic E-state index is 0.155. The minimum atomic E-state index is -3.65. The second-order valence-electron chi connectivity index (χ2n) is 8.10. The van der Waals surface area contributed by atoms with Gasteiger partial charge in [0.25, 0.3) is 10.0 Å². The Balaban J connectivity index is 1.43. The Labute approximate surface area is 208 Å². The van der Waals surface area contributed by atoms with Crippen LogP contribution in [-0.4, -0.2) is 44.9 Å². The number of ether oxygens (including phenoxy) is 1. The fraction of sp³-hybridized carbons (Fsp3) is 0.292. The molecule has 3 aromatic rings. The van der Waals surface area contributed by atoms with Crippen LogP contribution in [0.2, 0.25) is 5.02 Å². The monoisotopic (exact) mass is 519 g/mol. The number of hydrogen-bond acceptors (Lipinski definition) is 6. The number of halogens is 1. The smallest absolute Gasteiger partial charge is 0.252 e. The third-order valence-corrected chi connectivity index (χ3v) is 9.76. The van der Waals surface area contributed by atoms with Gasteiger partial charge in [-0.05, 0) is 48.7 Å². The van der Waals surface area contributed by atoms with Crippen LogP contribution in [-0.2, 0) is 16.4 Å². The van der Waals surface area contributed by atoms with Gasteiger partial charge in [-0.15, -0.1) is 11.3 Å². The molecule has 1 amide bonds. The fourth-order valence-corrected chi connectivity index (χ4v) is 7.49. The van der Waals surface area contributed by atoms with Crippen molar-refractivity contribution in [2.24, 2.45) is 5.73 Å². The van der Waals surface area contributed by atoms with Gasteiger partial charge in [0, 0.05) is 36.0 Å². The number of amides is 1. The third kappa shape index (κ3) is 5.38. The Morgan fingerprint density at radius 3 is 2.62 bits per heavy atom. The largest absolute Gasteiger partial charge is 0.495 e. The molecule has 0 saturated carbocycles. The molecule has 0 atom stereocenters. The van der Waals surface area contributed by atoms with E-state index in [-0.39, 0.29) is 10.3 Å². The highest BCUT2D eigenvalue weighted by Crippen LogP contribution is 2.35. The van der Waals surface area contributed by atoms with Crippen LogP contribution in [0.25, 0.3) is 0 Å². The molecule has 1 aromatic heterocycles. The van der Waals surface area contributed by atoms with Crippen molar-refractivity contribution in [1.82, 2.24) is 4.31 Å². The highest BCUT2D eigenvalue weighted by atomic mass is 35.5. The molecule has 0 spiro atoms. The molecule has 0 unspecified atom stereocenters. The van der Waals surface area contributed by atoms with Gasteiger partial charge in [-0.25, -0.2) is 8.42 Å². The Hall–Kier alpha value is -2.59. The summed E-state index contributed by atoms with van der Waals surface area (Å²) in [5.41, 5.74) is 7.51. The summed E-state index contributed by atoms with van der Waals surface area (Å²) in [4.78, 5) is 12.2. The number of thiophene rings is 1. The highest BCUT2D eigenvalue weighted by Gasteiger charge is 2.31. The molecular weight excluding hydrogens is 494 g/mol. The van der Waals surface area contributed by atoms with Crippen LogP contribution < -0.4 is 15.8 Å². The number of methoxy groups -OCH3 is 1. The predicted octanol–water partition coefficient (Wildman–Crippen LogP) is 4.37. The van der Waals surface area contributed by atoms with Crippen LogP contribution in [0.5, 0.6) is 5.75 Å². The van der Waals surface area contributed by atoms with E-state index in [1.165, 1.54) is 21.7 Å². The zero-order chi connectivity index (χ0) is 24.3. The number of nitrogens with one attached hydrogen (secondary N) is 1. The predicted molar refractivity (Wildman–Crippen MR) is 135 cm³/mol. The second-order valence-corrected chi connectivity index (χ2v) is 11.8.